The van der Waals surface area contributed by atoms with Crippen LogP contribution in [0.5, 0.6) is 0 Å². The van der Waals surface area contributed by atoms with Gasteiger partial charge in [0.05, 0.1) is 22.4 Å². The quantitative estimate of drug-likeness (QED) is 0.138. The van der Waals surface area contributed by atoms with Gasteiger partial charge in [0.15, 0.2) is 0 Å². The zero-order valence-electron chi connectivity index (χ0n) is 59.1. The molecule has 8 heteroatoms. The van der Waals surface area contributed by atoms with Crippen molar-refractivity contribution >= 4 is 136 Å². The summed E-state index contributed by atoms with van der Waals surface area (Å²) in [7, 11) is 0. The fraction of sp³-hybridized carbons (Fsp3) is 0.0909. The van der Waals surface area contributed by atoms with Crippen LogP contribution in [0.15, 0.2) is 346 Å². The van der Waals surface area contributed by atoms with Crippen LogP contribution < -0.4 is 57.7 Å². The third-order valence-electron chi connectivity index (χ3n) is 25.0. The molecule has 6 nitrogen and oxygen atoms in total. The van der Waals surface area contributed by atoms with E-state index in [0.717, 1.165) is 51.6 Å². The first-order valence-corrected chi connectivity index (χ1v) is 38.4. The second-order valence-corrected chi connectivity index (χ2v) is 30.6. The molecule has 107 heavy (non-hydrogen) atoms. The maximum atomic E-state index is 4.70. The number of nitrogens with zero attached hydrogens (tertiary/aromatic N) is 5. The lowest BCUT2D eigenvalue weighted by atomic mass is 9.30. The van der Waals surface area contributed by atoms with Crippen molar-refractivity contribution in [2.24, 2.45) is 11.8 Å². The zero-order valence-corrected chi connectivity index (χ0v) is 59.1. The van der Waals surface area contributed by atoms with Crippen LogP contribution >= 0.6 is 0 Å². The van der Waals surface area contributed by atoms with E-state index in [1.165, 1.54) is 176 Å². The number of fused-ring (bicyclic) bond motifs is 11. The van der Waals surface area contributed by atoms with E-state index in [2.05, 4.69) is 370 Å². The molecule has 1 N–H and O–H groups in total. The van der Waals surface area contributed by atoms with Crippen LogP contribution in [0.25, 0.3) is 83.1 Å². The van der Waals surface area contributed by atoms with E-state index in [-0.39, 0.29) is 13.4 Å². The number of para-hydroxylation sites is 7. The minimum atomic E-state index is -0.230. The van der Waals surface area contributed by atoms with Gasteiger partial charge < -0.3 is 29.5 Å². The van der Waals surface area contributed by atoms with Gasteiger partial charge in [0, 0.05) is 108 Å². The summed E-state index contributed by atoms with van der Waals surface area (Å²) < 4.78 is 2.52. The Labute approximate surface area is 624 Å². The van der Waals surface area contributed by atoms with Crippen molar-refractivity contribution in [3.8, 4) is 61.3 Å². The summed E-state index contributed by atoms with van der Waals surface area (Å²) in [6.07, 6.45) is 6.20. The third-order valence-corrected chi connectivity index (χ3v) is 25.0. The van der Waals surface area contributed by atoms with Crippen LogP contribution in [-0.2, 0) is 0 Å². The number of hydrogen-bond acceptors (Lipinski definition) is 5. The first kappa shape index (κ1) is 60.6. The van der Waals surface area contributed by atoms with Gasteiger partial charge in [-0.15, -0.1) is 0 Å². The fourth-order valence-corrected chi connectivity index (χ4v) is 21.0. The Kier molecular flexibility index (Phi) is 13.5. The molecule has 16 aromatic rings. The number of hydrogen-bond donors (Lipinski definition) is 1. The van der Waals surface area contributed by atoms with E-state index in [1.807, 2.05) is 0 Å². The maximum absolute atomic E-state index is 4.70. The molecule has 7 heterocycles. The van der Waals surface area contributed by atoms with E-state index in [0.29, 0.717) is 12.1 Å². The minimum Gasteiger partial charge on any atom is -0.365 e. The number of rotatable bonds is 10. The first-order valence-electron chi connectivity index (χ1n) is 38.4. The van der Waals surface area contributed by atoms with Gasteiger partial charge in [0.1, 0.15) is 0 Å². The molecule has 2 aliphatic carbocycles. The molecule has 0 unspecified atom stereocenters. The highest BCUT2D eigenvalue weighted by Gasteiger charge is 2.52. The molecule has 2 saturated heterocycles. The normalized spacial score (nSPS) is 17.3. The molecule has 0 spiro atoms. The number of nitrogens with one attached hydrogen (secondary N) is 1. The van der Waals surface area contributed by atoms with Gasteiger partial charge >= 0.3 is 0 Å². The van der Waals surface area contributed by atoms with Gasteiger partial charge in [-0.25, -0.2) is 0 Å². The molecule has 15 aromatic carbocycles. The average molecular weight is 1370 g/mol. The van der Waals surface area contributed by atoms with Crippen LogP contribution in [0.3, 0.4) is 0 Å². The SMILES string of the molecule is c1ccc(-c2cccc(-c3ccccc3)c2-c2c(N3C4CC5CC(C4)CC3C5)cc3c4c2Nc2cc5c(cc2B4c2ccccc2N3c2c(-c3ccccc3)cccc2-c2ccccc2)B2c3ccccc3N(c3ccccc3)c3cc(-n4c6ccccc6c6ccccc64)cc(c32)N5c2ccccc2)cc1. The van der Waals surface area contributed by atoms with Crippen molar-refractivity contribution in [3.05, 3.63) is 346 Å². The van der Waals surface area contributed by atoms with E-state index in [1.54, 1.807) is 0 Å². The van der Waals surface area contributed by atoms with Crippen molar-refractivity contribution in [2.45, 2.75) is 44.2 Å². The predicted octanol–water partition coefficient (Wildman–Crippen LogP) is 21.3. The Balaban J connectivity index is 0.862. The monoisotopic (exact) mass is 1370 g/mol. The molecule has 0 atom stereocenters. The van der Waals surface area contributed by atoms with Crippen LogP contribution in [0, 0.1) is 11.8 Å². The van der Waals surface area contributed by atoms with Crippen LogP contribution in [0.1, 0.15) is 32.1 Å². The molecule has 4 fully saturated rings. The van der Waals surface area contributed by atoms with Crippen LogP contribution in [-0.4, -0.2) is 30.1 Å². The molecule has 6 aliphatic heterocycles. The third kappa shape index (κ3) is 9.15. The molecule has 4 bridgehead atoms. The topological polar surface area (TPSA) is 29.9 Å². The van der Waals surface area contributed by atoms with Crippen LogP contribution in [0.4, 0.5) is 68.2 Å². The standard InChI is InChI=1S/C99H72B2N6/c1-7-29-65(30-8-1)74-43-27-44-75(66-31-9-2-10-32-66)94(74)95-90(103-71-54-63-53-64(56-71)57-72(103)55-63)62-93-97-98(95)102-84-61-89-83(60-82(84)100(97)81-48-22-26-52-88(81)107(93)99-76(67-33-11-3-12-34-67)45-28-46-77(99)68-35-13-4-14-36-68)101-80-47-21-25-51-87(80)104(69-37-15-5-16-38-69)91-58-73(59-92(96(91)101)105(89)70-39-17-6-18-40-70)106-85-49-23-19-41-78(85)79-42-20-24-50-86(79)106/h1-52,58-64,71-72,102H,53-57H2. The maximum Gasteiger partial charge on any atom is 0.252 e. The smallest absolute Gasteiger partial charge is 0.252 e. The molecule has 2 saturated carbocycles. The molecule has 504 valence electrons. The lowest BCUT2D eigenvalue weighted by Crippen LogP contribution is -2.65. The van der Waals surface area contributed by atoms with Crippen molar-refractivity contribution in [1.82, 2.24) is 4.57 Å². The Bertz CT molecular complexity index is 6090. The number of aromatic nitrogens is 1. The summed E-state index contributed by atoms with van der Waals surface area (Å²) in [5, 5.41) is 7.17. The Morgan fingerprint density at radius 1 is 0.280 bits per heavy atom. The number of anilines is 12. The summed E-state index contributed by atoms with van der Waals surface area (Å²) in [4.78, 5) is 10.9. The van der Waals surface area contributed by atoms with Crippen molar-refractivity contribution in [3.63, 3.8) is 0 Å². The molecular formula is C99H72B2N6. The minimum absolute atomic E-state index is 0.167. The van der Waals surface area contributed by atoms with Gasteiger partial charge in [0.25, 0.3) is 13.4 Å². The lowest BCUT2D eigenvalue weighted by molar-refractivity contribution is 0.0901. The first-order chi connectivity index (χ1) is 53.1. The fourth-order valence-electron chi connectivity index (χ4n) is 21.0. The highest BCUT2D eigenvalue weighted by molar-refractivity contribution is 7.03. The summed E-state index contributed by atoms with van der Waals surface area (Å²) in [6, 6.07) is 132. The lowest BCUT2D eigenvalue weighted by Gasteiger charge is -2.58. The van der Waals surface area contributed by atoms with Gasteiger partial charge in [-0.05, 0) is 183 Å². The van der Waals surface area contributed by atoms with Crippen molar-refractivity contribution in [1.29, 1.82) is 0 Å². The highest BCUT2D eigenvalue weighted by atomic mass is 15.2. The summed E-state index contributed by atoms with van der Waals surface area (Å²) in [5.41, 5.74) is 37.2. The van der Waals surface area contributed by atoms with Crippen molar-refractivity contribution in [2.75, 3.05) is 24.9 Å². The summed E-state index contributed by atoms with van der Waals surface area (Å²) in [5.74, 6) is 1.48. The van der Waals surface area contributed by atoms with Gasteiger partial charge in [0.2, 0.25) is 0 Å². The van der Waals surface area contributed by atoms with Crippen molar-refractivity contribution < 1.29 is 0 Å². The van der Waals surface area contributed by atoms with E-state index in [9.17, 15) is 0 Å². The molecule has 1 aromatic heterocycles. The largest absolute Gasteiger partial charge is 0.365 e. The average Bonchev–Trinajstić information content (AvgIpc) is 0.824. The Morgan fingerprint density at radius 2 is 0.701 bits per heavy atom. The van der Waals surface area contributed by atoms with Gasteiger partial charge in [-0.2, -0.15) is 0 Å². The predicted molar refractivity (Wildman–Crippen MR) is 451 cm³/mol. The molecular weight excluding hydrogens is 1290 g/mol. The Morgan fingerprint density at radius 3 is 1.22 bits per heavy atom. The molecule has 0 amide bonds. The summed E-state index contributed by atoms with van der Waals surface area (Å²) in [6.45, 7) is -0.397. The second-order valence-electron chi connectivity index (χ2n) is 30.6. The highest BCUT2D eigenvalue weighted by Crippen LogP contribution is 2.59. The zero-order chi connectivity index (χ0) is 70.0. The molecule has 8 aliphatic rings. The molecule has 0 radical (unpaired) electrons. The number of benzene rings is 15. The van der Waals surface area contributed by atoms with Crippen LogP contribution in [0.2, 0.25) is 0 Å². The van der Waals surface area contributed by atoms with E-state index >= 15 is 0 Å². The summed E-state index contributed by atoms with van der Waals surface area (Å²) >= 11 is 0. The Hall–Kier alpha value is -12.8. The number of piperidine rings is 2. The van der Waals surface area contributed by atoms with Gasteiger partial charge in [-0.3, -0.25) is 0 Å². The second kappa shape index (κ2) is 23.9. The van der Waals surface area contributed by atoms with E-state index < -0.39 is 0 Å². The molecule has 24 rings (SSSR count). The van der Waals surface area contributed by atoms with Gasteiger partial charge in [-0.1, -0.05) is 273 Å². The van der Waals surface area contributed by atoms with E-state index in [4.69, 9.17) is 5.32 Å².